The van der Waals surface area contributed by atoms with Gasteiger partial charge in [-0.05, 0) is 42.7 Å². The molecule has 22 heavy (non-hydrogen) atoms. The number of nitrogens with one attached hydrogen (secondary N) is 1. The molecule has 114 valence electrons. The highest BCUT2D eigenvalue weighted by molar-refractivity contribution is 5.97. The summed E-state index contributed by atoms with van der Waals surface area (Å²) in [7, 11) is 0. The molecule has 3 nitrogen and oxygen atoms in total. The van der Waals surface area contributed by atoms with E-state index >= 15 is 0 Å². The van der Waals surface area contributed by atoms with Crippen LogP contribution in [-0.2, 0) is 11.2 Å². The maximum atomic E-state index is 13.5. The van der Waals surface area contributed by atoms with Gasteiger partial charge in [0.05, 0.1) is 12.2 Å². The molecule has 1 N–H and O–H groups in total. The fraction of sp³-hybridized carbons (Fsp3) is 0.235. The normalized spacial score (nSPS) is 13.6. The summed E-state index contributed by atoms with van der Waals surface area (Å²) in [4.78, 5) is 14.1. The van der Waals surface area contributed by atoms with Gasteiger partial charge in [0, 0.05) is 12.2 Å². The minimum absolute atomic E-state index is 0.00126. The number of anilines is 2. The molecule has 0 aliphatic carbocycles. The van der Waals surface area contributed by atoms with Crippen LogP contribution in [0.5, 0.6) is 0 Å². The number of halogens is 2. The number of rotatable bonds is 3. The molecule has 0 aromatic heterocycles. The van der Waals surface area contributed by atoms with Gasteiger partial charge in [0.15, 0.2) is 0 Å². The molecule has 0 atom stereocenters. The van der Waals surface area contributed by atoms with Crippen LogP contribution < -0.4 is 10.2 Å². The van der Waals surface area contributed by atoms with E-state index in [-0.39, 0.29) is 18.1 Å². The summed E-state index contributed by atoms with van der Waals surface area (Å²) in [6.07, 6.45) is 1.85. The lowest BCUT2D eigenvalue weighted by molar-refractivity contribution is -0.117. The minimum Gasteiger partial charge on any atom is -0.374 e. The van der Waals surface area contributed by atoms with Crippen molar-refractivity contribution in [3.63, 3.8) is 0 Å². The SMILES string of the molecule is O=C(CNc1cc(F)ccc1F)N1CCCc2ccccc21. The molecular formula is C17H16F2N2O. The smallest absolute Gasteiger partial charge is 0.246 e. The predicted octanol–water partition coefficient (Wildman–Crippen LogP) is 3.36. The number of carbonyl (C=O) groups excluding carboxylic acids is 1. The molecule has 0 radical (unpaired) electrons. The fourth-order valence-electron chi connectivity index (χ4n) is 2.69. The van der Waals surface area contributed by atoms with E-state index in [1.165, 1.54) is 0 Å². The average molecular weight is 302 g/mol. The van der Waals surface area contributed by atoms with Crippen LogP contribution in [0.15, 0.2) is 42.5 Å². The van der Waals surface area contributed by atoms with Gasteiger partial charge in [0.25, 0.3) is 0 Å². The number of hydrogen-bond acceptors (Lipinski definition) is 2. The van der Waals surface area contributed by atoms with Crippen LogP contribution in [0.3, 0.4) is 0 Å². The summed E-state index contributed by atoms with van der Waals surface area (Å²) in [6.45, 7) is 0.567. The first-order chi connectivity index (χ1) is 10.6. The molecule has 0 unspecified atom stereocenters. The Labute approximate surface area is 127 Å². The van der Waals surface area contributed by atoms with Crippen LogP contribution in [-0.4, -0.2) is 19.0 Å². The van der Waals surface area contributed by atoms with Crippen LogP contribution in [0.1, 0.15) is 12.0 Å². The van der Waals surface area contributed by atoms with Gasteiger partial charge in [0.2, 0.25) is 5.91 Å². The van der Waals surface area contributed by atoms with E-state index in [1.807, 2.05) is 24.3 Å². The van der Waals surface area contributed by atoms with E-state index in [2.05, 4.69) is 5.32 Å². The summed E-state index contributed by atoms with van der Waals surface area (Å²) in [5, 5.41) is 2.68. The van der Waals surface area contributed by atoms with Gasteiger partial charge in [-0.2, -0.15) is 0 Å². The van der Waals surface area contributed by atoms with E-state index < -0.39 is 11.6 Å². The van der Waals surface area contributed by atoms with Gasteiger partial charge in [0.1, 0.15) is 11.6 Å². The predicted molar refractivity (Wildman–Crippen MR) is 82.0 cm³/mol. The fourth-order valence-corrected chi connectivity index (χ4v) is 2.69. The highest BCUT2D eigenvalue weighted by Crippen LogP contribution is 2.26. The largest absolute Gasteiger partial charge is 0.374 e. The molecule has 2 aromatic rings. The van der Waals surface area contributed by atoms with Crippen LogP contribution in [0.4, 0.5) is 20.2 Å². The van der Waals surface area contributed by atoms with Crippen molar-refractivity contribution in [2.75, 3.05) is 23.3 Å². The summed E-state index contributed by atoms with van der Waals surface area (Å²) < 4.78 is 26.7. The van der Waals surface area contributed by atoms with Gasteiger partial charge in [-0.15, -0.1) is 0 Å². The number of amides is 1. The quantitative estimate of drug-likeness (QED) is 0.943. The highest BCUT2D eigenvalue weighted by atomic mass is 19.1. The van der Waals surface area contributed by atoms with Gasteiger partial charge in [-0.3, -0.25) is 4.79 Å². The molecule has 2 aromatic carbocycles. The van der Waals surface area contributed by atoms with Crippen molar-refractivity contribution in [2.45, 2.75) is 12.8 Å². The second-order valence-corrected chi connectivity index (χ2v) is 5.26. The van der Waals surface area contributed by atoms with Gasteiger partial charge >= 0.3 is 0 Å². The van der Waals surface area contributed by atoms with Crippen molar-refractivity contribution >= 4 is 17.3 Å². The lowest BCUT2D eigenvalue weighted by Gasteiger charge is -2.29. The molecule has 1 amide bonds. The zero-order valence-corrected chi connectivity index (χ0v) is 12.0. The first-order valence-electron chi connectivity index (χ1n) is 7.22. The zero-order chi connectivity index (χ0) is 15.5. The number of hydrogen-bond donors (Lipinski definition) is 1. The van der Waals surface area contributed by atoms with E-state index in [4.69, 9.17) is 0 Å². The number of para-hydroxylation sites is 1. The number of nitrogens with zero attached hydrogens (tertiary/aromatic N) is 1. The third-order valence-electron chi connectivity index (χ3n) is 3.77. The van der Waals surface area contributed by atoms with Crippen molar-refractivity contribution in [1.29, 1.82) is 0 Å². The third-order valence-corrected chi connectivity index (χ3v) is 3.77. The van der Waals surface area contributed by atoms with Crippen molar-refractivity contribution < 1.29 is 13.6 Å². The first-order valence-corrected chi connectivity index (χ1v) is 7.22. The Morgan fingerprint density at radius 1 is 1.18 bits per heavy atom. The summed E-state index contributed by atoms with van der Waals surface area (Å²) in [6, 6.07) is 10.9. The minimum atomic E-state index is -0.576. The number of fused-ring (bicyclic) bond motifs is 1. The molecule has 0 bridgehead atoms. The lowest BCUT2D eigenvalue weighted by atomic mass is 10.0. The Kier molecular flexibility index (Phi) is 4.04. The van der Waals surface area contributed by atoms with Crippen LogP contribution in [0, 0.1) is 11.6 Å². The Hall–Kier alpha value is -2.43. The van der Waals surface area contributed by atoms with Gasteiger partial charge in [-0.1, -0.05) is 18.2 Å². The maximum absolute atomic E-state index is 13.5. The summed E-state index contributed by atoms with van der Waals surface area (Å²) >= 11 is 0. The van der Waals surface area contributed by atoms with Gasteiger partial charge < -0.3 is 10.2 Å². The standard InChI is InChI=1S/C17H16F2N2O/c18-13-7-8-14(19)15(10-13)20-11-17(22)21-9-3-5-12-4-1-2-6-16(12)21/h1-2,4,6-8,10,20H,3,5,9,11H2. The summed E-state index contributed by atoms with van der Waals surface area (Å²) in [5.74, 6) is -1.27. The van der Waals surface area contributed by atoms with Crippen LogP contribution in [0.2, 0.25) is 0 Å². The van der Waals surface area contributed by atoms with E-state index in [9.17, 15) is 13.6 Å². The van der Waals surface area contributed by atoms with E-state index in [0.717, 1.165) is 42.3 Å². The van der Waals surface area contributed by atoms with E-state index in [1.54, 1.807) is 4.90 Å². The number of benzene rings is 2. The average Bonchev–Trinajstić information content (AvgIpc) is 2.55. The summed E-state index contributed by atoms with van der Waals surface area (Å²) in [5.41, 5.74) is 2.04. The second kappa shape index (κ2) is 6.13. The topological polar surface area (TPSA) is 32.3 Å². The Bertz CT molecular complexity index is 703. The monoisotopic (exact) mass is 302 g/mol. The number of aryl methyl sites for hydroxylation is 1. The Balaban J connectivity index is 1.72. The van der Waals surface area contributed by atoms with Crippen molar-refractivity contribution in [1.82, 2.24) is 0 Å². The van der Waals surface area contributed by atoms with Crippen LogP contribution in [0.25, 0.3) is 0 Å². The van der Waals surface area contributed by atoms with Crippen molar-refractivity contribution in [3.8, 4) is 0 Å². The van der Waals surface area contributed by atoms with E-state index in [0.29, 0.717) is 6.54 Å². The third kappa shape index (κ3) is 2.93. The van der Waals surface area contributed by atoms with Crippen molar-refractivity contribution in [3.05, 3.63) is 59.7 Å². The molecule has 0 fully saturated rings. The first kappa shape index (κ1) is 14.5. The second-order valence-electron chi connectivity index (χ2n) is 5.26. The molecule has 1 aliphatic heterocycles. The molecule has 3 rings (SSSR count). The Morgan fingerprint density at radius 3 is 2.86 bits per heavy atom. The van der Waals surface area contributed by atoms with Crippen molar-refractivity contribution in [2.24, 2.45) is 0 Å². The molecule has 0 saturated carbocycles. The number of carbonyl (C=O) groups is 1. The molecule has 1 heterocycles. The molecule has 1 aliphatic rings. The molecule has 0 spiro atoms. The highest BCUT2D eigenvalue weighted by Gasteiger charge is 2.21. The molecular weight excluding hydrogens is 286 g/mol. The lowest BCUT2D eigenvalue weighted by Crippen LogP contribution is -2.39. The maximum Gasteiger partial charge on any atom is 0.246 e. The van der Waals surface area contributed by atoms with Crippen LogP contribution >= 0.6 is 0 Å². The zero-order valence-electron chi connectivity index (χ0n) is 12.0. The van der Waals surface area contributed by atoms with Gasteiger partial charge in [-0.25, -0.2) is 8.78 Å². The Morgan fingerprint density at radius 2 is 2.00 bits per heavy atom. The molecule has 5 heteroatoms. The molecule has 0 saturated heterocycles.